The Balaban J connectivity index is 1.92. The second-order valence-corrected chi connectivity index (χ2v) is 4.90. The minimum Gasteiger partial charge on any atom is -0.497 e. The molecule has 0 atom stereocenters. The Morgan fingerprint density at radius 2 is 1.62 bits per heavy atom. The van der Waals surface area contributed by atoms with Crippen molar-refractivity contribution in [3.05, 3.63) is 59.7 Å². The molecule has 0 saturated heterocycles. The lowest BCUT2D eigenvalue weighted by molar-refractivity contribution is -0.138. The summed E-state index contributed by atoms with van der Waals surface area (Å²) in [6, 6.07) is 12.7. The Kier molecular flexibility index (Phi) is 6.25. The Morgan fingerprint density at radius 3 is 2.25 bits per heavy atom. The maximum atomic E-state index is 11.8. The van der Waals surface area contributed by atoms with Crippen LogP contribution in [0.3, 0.4) is 0 Å². The molecule has 0 N–H and O–H groups in total. The van der Waals surface area contributed by atoms with Gasteiger partial charge in [0.25, 0.3) is 0 Å². The fraction of sp³-hybridized carbons (Fsp3) is 0.211. The van der Waals surface area contributed by atoms with Crippen molar-refractivity contribution in [2.24, 2.45) is 0 Å². The van der Waals surface area contributed by atoms with E-state index in [2.05, 4.69) is 0 Å². The van der Waals surface area contributed by atoms with Crippen LogP contribution in [0.15, 0.2) is 48.5 Å². The average molecular weight is 328 g/mol. The third-order valence-electron chi connectivity index (χ3n) is 3.36. The smallest absolute Gasteiger partial charge is 0.331 e. The molecule has 5 nitrogen and oxygen atoms in total. The fourth-order valence-corrected chi connectivity index (χ4v) is 2.05. The number of methoxy groups -OCH3 is 3. The lowest BCUT2D eigenvalue weighted by Gasteiger charge is -2.07. The van der Waals surface area contributed by atoms with Crippen LogP contribution in [0.2, 0.25) is 0 Å². The van der Waals surface area contributed by atoms with Crippen molar-refractivity contribution in [2.75, 3.05) is 21.3 Å². The quantitative estimate of drug-likeness (QED) is 0.575. The van der Waals surface area contributed by atoms with E-state index in [-0.39, 0.29) is 6.61 Å². The topological polar surface area (TPSA) is 54.0 Å². The maximum absolute atomic E-state index is 11.8. The second kappa shape index (κ2) is 8.62. The van der Waals surface area contributed by atoms with Crippen molar-refractivity contribution in [1.29, 1.82) is 0 Å². The number of benzene rings is 2. The van der Waals surface area contributed by atoms with Crippen LogP contribution in [0, 0.1) is 0 Å². The lowest BCUT2D eigenvalue weighted by Crippen LogP contribution is -2.00. The molecule has 0 radical (unpaired) electrons. The molecule has 0 bridgehead atoms. The molecule has 0 aliphatic heterocycles. The average Bonchev–Trinajstić information content (AvgIpc) is 2.64. The maximum Gasteiger partial charge on any atom is 0.331 e. The first kappa shape index (κ1) is 17.4. The van der Waals surface area contributed by atoms with Gasteiger partial charge < -0.3 is 18.9 Å². The molecule has 0 saturated carbocycles. The molecule has 2 aromatic rings. The molecule has 0 aliphatic carbocycles. The zero-order valence-electron chi connectivity index (χ0n) is 13.9. The molecule has 0 aliphatic rings. The highest BCUT2D eigenvalue weighted by Gasteiger charge is 2.04. The SMILES string of the molecule is COc1ccc(COC(=O)/C=C/c2ccc(OC)c(OC)c2)cc1. The molecule has 5 heteroatoms. The number of hydrogen-bond acceptors (Lipinski definition) is 5. The van der Waals surface area contributed by atoms with Gasteiger partial charge >= 0.3 is 5.97 Å². The number of carbonyl (C=O) groups is 1. The predicted octanol–water partition coefficient (Wildman–Crippen LogP) is 3.47. The van der Waals surface area contributed by atoms with Crippen molar-refractivity contribution in [1.82, 2.24) is 0 Å². The van der Waals surface area contributed by atoms with Crippen LogP contribution >= 0.6 is 0 Å². The molecule has 0 amide bonds. The number of esters is 1. The van der Waals surface area contributed by atoms with Gasteiger partial charge in [0.2, 0.25) is 0 Å². The van der Waals surface area contributed by atoms with Gasteiger partial charge in [0.15, 0.2) is 11.5 Å². The van der Waals surface area contributed by atoms with Gasteiger partial charge in [-0.15, -0.1) is 0 Å². The highest BCUT2D eigenvalue weighted by molar-refractivity contribution is 5.87. The van der Waals surface area contributed by atoms with Crippen LogP contribution in [-0.2, 0) is 16.1 Å². The van der Waals surface area contributed by atoms with Gasteiger partial charge in [-0.1, -0.05) is 18.2 Å². The molecular weight excluding hydrogens is 308 g/mol. The van der Waals surface area contributed by atoms with E-state index in [1.807, 2.05) is 30.3 Å². The Morgan fingerprint density at radius 1 is 0.917 bits per heavy atom. The van der Waals surface area contributed by atoms with E-state index in [9.17, 15) is 4.79 Å². The van der Waals surface area contributed by atoms with Gasteiger partial charge in [0, 0.05) is 6.08 Å². The van der Waals surface area contributed by atoms with Crippen LogP contribution in [-0.4, -0.2) is 27.3 Å². The summed E-state index contributed by atoms with van der Waals surface area (Å²) in [4.78, 5) is 11.8. The zero-order chi connectivity index (χ0) is 17.4. The van der Waals surface area contributed by atoms with Crippen molar-refractivity contribution in [2.45, 2.75) is 6.61 Å². The Bertz CT molecular complexity index is 704. The molecule has 0 heterocycles. The van der Waals surface area contributed by atoms with E-state index in [0.717, 1.165) is 16.9 Å². The van der Waals surface area contributed by atoms with Crippen molar-refractivity contribution < 1.29 is 23.7 Å². The molecule has 0 spiro atoms. The molecule has 0 fully saturated rings. The van der Waals surface area contributed by atoms with Crippen LogP contribution < -0.4 is 14.2 Å². The minimum atomic E-state index is -0.416. The van der Waals surface area contributed by atoms with Gasteiger partial charge in [0.05, 0.1) is 21.3 Å². The first-order chi connectivity index (χ1) is 11.7. The fourth-order valence-electron chi connectivity index (χ4n) is 2.05. The summed E-state index contributed by atoms with van der Waals surface area (Å²) in [7, 11) is 4.74. The summed E-state index contributed by atoms with van der Waals surface area (Å²) < 4.78 is 20.7. The van der Waals surface area contributed by atoms with Gasteiger partial charge in [-0.05, 0) is 41.5 Å². The normalized spacial score (nSPS) is 10.5. The van der Waals surface area contributed by atoms with E-state index in [1.165, 1.54) is 6.08 Å². The highest BCUT2D eigenvalue weighted by Crippen LogP contribution is 2.27. The van der Waals surface area contributed by atoms with E-state index >= 15 is 0 Å². The Hall–Kier alpha value is -2.95. The standard InChI is InChI=1S/C19H20O5/c1-21-16-8-4-15(5-9-16)13-24-19(20)11-7-14-6-10-17(22-2)18(12-14)23-3/h4-12H,13H2,1-3H3/b11-7+. The summed E-state index contributed by atoms with van der Waals surface area (Å²) in [5.41, 5.74) is 1.71. The third kappa shape index (κ3) is 4.78. The summed E-state index contributed by atoms with van der Waals surface area (Å²) >= 11 is 0. The first-order valence-corrected chi connectivity index (χ1v) is 7.36. The van der Waals surface area contributed by atoms with E-state index in [4.69, 9.17) is 18.9 Å². The highest BCUT2D eigenvalue weighted by atomic mass is 16.5. The van der Waals surface area contributed by atoms with Gasteiger partial charge in [-0.2, -0.15) is 0 Å². The second-order valence-electron chi connectivity index (χ2n) is 4.90. The number of hydrogen-bond donors (Lipinski definition) is 0. The molecule has 126 valence electrons. The summed E-state index contributed by atoms with van der Waals surface area (Å²) in [5.74, 6) is 1.59. The number of carbonyl (C=O) groups excluding carboxylic acids is 1. The molecule has 24 heavy (non-hydrogen) atoms. The van der Waals surface area contributed by atoms with Crippen LogP contribution in [0.25, 0.3) is 6.08 Å². The predicted molar refractivity (Wildman–Crippen MR) is 91.4 cm³/mol. The van der Waals surface area contributed by atoms with Crippen LogP contribution in [0.4, 0.5) is 0 Å². The Labute approximate surface area is 141 Å². The molecular formula is C19H20O5. The van der Waals surface area contributed by atoms with Gasteiger partial charge in [-0.3, -0.25) is 0 Å². The zero-order valence-corrected chi connectivity index (χ0v) is 13.9. The van der Waals surface area contributed by atoms with Gasteiger partial charge in [0.1, 0.15) is 12.4 Å². The molecule has 0 unspecified atom stereocenters. The van der Waals surface area contributed by atoms with Crippen LogP contribution in [0.5, 0.6) is 17.2 Å². The van der Waals surface area contributed by atoms with E-state index in [0.29, 0.717) is 11.5 Å². The van der Waals surface area contributed by atoms with Crippen molar-refractivity contribution in [3.8, 4) is 17.2 Å². The number of rotatable bonds is 7. The first-order valence-electron chi connectivity index (χ1n) is 7.36. The summed E-state index contributed by atoms with van der Waals surface area (Å²) in [5, 5.41) is 0. The third-order valence-corrected chi connectivity index (χ3v) is 3.36. The van der Waals surface area contributed by atoms with E-state index < -0.39 is 5.97 Å². The van der Waals surface area contributed by atoms with E-state index in [1.54, 1.807) is 39.5 Å². The molecule has 0 aromatic heterocycles. The molecule has 2 aromatic carbocycles. The monoisotopic (exact) mass is 328 g/mol. The largest absolute Gasteiger partial charge is 0.497 e. The van der Waals surface area contributed by atoms with Crippen LogP contribution in [0.1, 0.15) is 11.1 Å². The number of ether oxygens (including phenoxy) is 4. The summed E-state index contributed by atoms with van der Waals surface area (Å²) in [6.07, 6.45) is 3.04. The molecule has 2 rings (SSSR count). The van der Waals surface area contributed by atoms with Crippen molar-refractivity contribution >= 4 is 12.0 Å². The van der Waals surface area contributed by atoms with Gasteiger partial charge in [-0.25, -0.2) is 4.79 Å². The minimum absolute atomic E-state index is 0.207. The summed E-state index contributed by atoms with van der Waals surface area (Å²) in [6.45, 7) is 0.207. The van der Waals surface area contributed by atoms with Crippen molar-refractivity contribution in [3.63, 3.8) is 0 Å². The lowest BCUT2D eigenvalue weighted by atomic mass is 10.2.